The maximum Gasteiger partial charge on any atom is 0.367 e. The van der Waals surface area contributed by atoms with E-state index in [-0.39, 0.29) is 17.9 Å². The van der Waals surface area contributed by atoms with Gasteiger partial charge in [0.05, 0.1) is 11.4 Å². The highest BCUT2D eigenvalue weighted by atomic mass is 16.2. The summed E-state index contributed by atoms with van der Waals surface area (Å²) in [6.45, 7) is 8.09. The number of hydrogen-bond acceptors (Lipinski definition) is 1. The third kappa shape index (κ3) is 1.60. The van der Waals surface area contributed by atoms with Crippen molar-refractivity contribution in [3.63, 3.8) is 0 Å². The van der Waals surface area contributed by atoms with Crippen molar-refractivity contribution >= 4 is 17.5 Å². The molecule has 0 aliphatic carbocycles. The molecule has 1 aliphatic rings. The molecule has 0 saturated heterocycles. The van der Waals surface area contributed by atoms with Crippen LogP contribution in [0.5, 0.6) is 0 Å². The second kappa shape index (κ2) is 3.17. The highest BCUT2D eigenvalue weighted by Gasteiger charge is 2.23. The summed E-state index contributed by atoms with van der Waals surface area (Å²) in [4.78, 5) is 18.6. The third-order valence-corrected chi connectivity index (χ3v) is 1.79. The van der Waals surface area contributed by atoms with Crippen LogP contribution < -0.4 is 0 Å². The van der Waals surface area contributed by atoms with Gasteiger partial charge in [-0.2, -0.15) is 9.98 Å². The van der Waals surface area contributed by atoms with Gasteiger partial charge in [-0.3, -0.25) is 0 Å². The lowest BCUT2D eigenvalue weighted by Gasteiger charge is -2.09. The molecule has 1 heterocycles. The van der Waals surface area contributed by atoms with Crippen molar-refractivity contribution in [3.8, 4) is 0 Å². The van der Waals surface area contributed by atoms with E-state index in [4.69, 9.17) is 0 Å². The molecule has 0 N–H and O–H groups in total. The van der Waals surface area contributed by atoms with Gasteiger partial charge in [0.25, 0.3) is 0 Å². The van der Waals surface area contributed by atoms with Crippen molar-refractivity contribution < 1.29 is 4.79 Å². The van der Waals surface area contributed by atoms with Gasteiger partial charge in [0.1, 0.15) is 0 Å². The minimum atomic E-state index is -0.345. The average molecular weight is 166 g/mol. The van der Waals surface area contributed by atoms with Crippen molar-refractivity contribution in [2.24, 2.45) is 21.8 Å². The first kappa shape index (κ1) is 9.10. The van der Waals surface area contributed by atoms with E-state index in [2.05, 4.69) is 9.98 Å². The van der Waals surface area contributed by atoms with Crippen molar-refractivity contribution in [2.45, 2.75) is 27.7 Å². The van der Waals surface area contributed by atoms with Gasteiger partial charge in [-0.1, -0.05) is 27.7 Å². The molecule has 12 heavy (non-hydrogen) atoms. The van der Waals surface area contributed by atoms with E-state index in [1.165, 1.54) is 0 Å². The molecule has 66 valence electrons. The molecular formula is C9H14N2O. The predicted molar refractivity (Wildman–Crippen MR) is 49.9 cm³/mol. The van der Waals surface area contributed by atoms with Crippen LogP contribution in [0.3, 0.4) is 0 Å². The summed E-state index contributed by atoms with van der Waals surface area (Å²) in [5, 5.41) is 0. The highest BCUT2D eigenvalue weighted by Crippen LogP contribution is 2.13. The summed E-state index contributed by atoms with van der Waals surface area (Å²) < 4.78 is 0. The Bertz CT molecular complexity index is 236. The lowest BCUT2D eigenvalue weighted by Crippen LogP contribution is -2.22. The standard InChI is InChI=1S/C9H14N2O/c1-5(2)7-8(6(3)4)11-9(12)10-7/h5-6H,1-4H3. The average Bonchev–Trinajstić information content (AvgIpc) is 2.31. The zero-order valence-electron chi connectivity index (χ0n) is 7.96. The van der Waals surface area contributed by atoms with E-state index < -0.39 is 0 Å². The van der Waals surface area contributed by atoms with Gasteiger partial charge in [0.2, 0.25) is 0 Å². The van der Waals surface area contributed by atoms with Crippen LogP contribution in [0.25, 0.3) is 0 Å². The van der Waals surface area contributed by atoms with E-state index in [1.54, 1.807) is 0 Å². The fourth-order valence-electron chi connectivity index (χ4n) is 1.20. The summed E-state index contributed by atoms with van der Waals surface area (Å²) in [5.41, 5.74) is 1.71. The Morgan fingerprint density at radius 1 is 0.917 bits per heavy atom. The lowest BCUT2D eigenvalue weighted by atomic mass is 9.96. The molecule has 0 aromatic carbocycles. The van der Waals surface area contributed by atoms with E-state index in [1.807, 2.05) is 27.7 Å². The second-order valence-corrected chi connectivity index (χ2v) is 3.59. The first-order valence-electron chi connectivity index (χ1n) is 4.24. The van der Waals surface area contributed by atoms with Crippen LogP contribution in [0.4, 0.5) is 4.79 Å². The molecular weight excluding hydrogens is 152 g/mol. The molecule has 0 spiro atoms. The number of nitrogens with zero attached hydrogens (tertiary/aromatic N) is 2. The fraction of sp³-hybridized carbons (Fsp3) is 0.667. The molecule has 1 aliphatic heterocycles. The Balaban J connectivity index is 2.95. The van der Waals surface area contributed by atoms with Gasteiger partial charge in [0.15, 0.2) is 0 Å². The van der Waals surface area contributed by atoms with Crippen LogP contribution in [0.1, 0.15) is 27.7 Å². The monoisotopic (exact) mass is 166 g/mol. The Kier molecular flexibility index (Phi) is 2.40. The molecule has 0 radical (unpaired) electrons. The fourth-order valence-corrected chi connectivity index (χ4v) is 1.20. The van der Waals surface area contributed by atoms with E-state index in [9.17, 15) is 4.79 Å². The summed E-state index contributed by atoms with van der Waals surface area (Å²) in [5.74, 6) is 0.579. The number of rotatable bonds is 2. The van der Waals surface area contributed by atoms with Crippen LogP contribution in [0, 0.1) is 11.8 Å². The number of aliphatic imine (C=N–C) groups is 2. The highest BCUT2D eigenvalue weighted by molar-refractivity contribution is 6.48. The van der Waals surface area contributed by atoms with Crippen LogP contribution in [-0.4, -0.2) is 17.5 Å². The van der Waals surface area contributed by atoms with Gasteiger partial charge in [-0.15, -0.1) is 0 Å². The maximum absolute atomic E-state index is 10.9. The second-order valence-electron chi connectivity index (χ2n) is 3.59. The number of urea groups is 1. The maximum atomic E-state index is 10.9. The number of hydrogen-bond donors (Lipinski definition) is 0. The van der Waals surface area contributed by atoms with Crippen LogP contribution in [-0.2, 0) is 0 Å². The number of carbonyl (C=O) groups is 1. The molecule has 0 saturated carbocycles. The summed E-state index contributed by atoms with van der Waals surface area (Å²) >= 11 is 0. The molecule has 0 fully saturated rings. The zero-order chi connectivity index (χ0) is 9.30. The van der Waals surface area contributed by atoms with Gasteiger partial charge in [-0.05, 0) is 11.8 Å². The van der Waals surface area contributed by atoms with Crippen molar-refractivity contribution in [1.29, 1.82) is 0 Å². The zero-order valence-corrected chi connectivity index (χ0v) is 7.96. The van der Waals surface area contributed by atoms with Crippen LogP contribution >= 0.6 is 0 Å². The van der Waals surface area contributed by atoms with Gasteiger partial charge in [-0.25, -0.2) is 4.79 Å². The predicted octanol–water partition coefficient (Wildman–Crippen LogP) is 2.31. The molecule has 0 unspecified atom stereocenters. The molecule has 0 aromatic heterocycles. The summed E-state index contributed by atoms with van der Waals surface area (Å²) in [6, 6.07) is -0.345. The Labute approximate surface area is 72.6 Å². The quantitative estimate of drug-likeness (QED) is 0.620. The topological polar surface area (TPSA) is 41.8 Å². The van der Waals surface area contributed by atoms with E-state index in [0.29, 0.717) is 0 Å². The van der Waals surface area contributed by atoms with Crippen molar-refractivity contribution in [2.75, 3.05) is 0 Å². The third-order valence-electron chi connectivity index (χ3n) is 1.79. The van der Waals surface area contributed by atoms with Gasteiger partial charge in [0, 0.05) is 0 Å². The molecule has 0 aromatic rings. The molecule has 3 heteroatoms. The SMILES string of the molecule is CC(C)C1=NC(=O)N=C1C(C)C. The van der Waals surface area contributed by atoms with E-state index >= 15 is 0 Å². The Morgan fingerprint density at radius 2 is 1.25 bits per heavy atom. The Morgan fingerprint density at radius 3 is 1.50 bits per heavy atom. The normalized spacial score (nSPS) is 17.3. The first-order chi connectivity index (χ1) is 5.52. The molecule has 0 bridgehead atoms. The number of amides is 2. The minimum absolute atomic E-state index is 0.289. The molecule has 3 nitrogen and oxygen atoms in total. The van der Waals surface area contributed by atoms with Gasteiger partial charge >= 0.3 is 6.03 Å². The van der Waals surface area contributed by atoms with E-state index in [0.717, 1.165) is 11.4 Å². The minimum Gasteiger partial charge on any atom is -0.244 e. The largest absolute Gasteiger partial charge is 0.367 e. The summed E-state index contributed by atoms with van der Waals surface area (Å²) in [6.07, 6.45) is 0. The first-order valence-corrected chi connectivity index (χ1v) is 4.24. The smallest absolute Gasteiger partial charge is 0.244 e. The number of carbonyl (C=O) groups excluding carboxylic acids is 1. The van der Waals surface area contributed by atoms with Crippen LogP contribution in [0.15, 0.2) is 9.98 Å². The Hall–Kier alpha value is -0.990. The van der Waals surface area contributed by atoms with Crippen molar-refractivity contribution in [3.05, 3.63) is 0 Å². The molecule has 1 rings (SSSR count). The van der Waals surface area contributed by atoms with Crippen LogP contribution in [0.2, 0.25) is 0 Å². The van der Waals surface area contributed by atoms with Crippen molar-refractivity contribution in [1.82, 2.24) is 0 Å². The summed E-state index contributed by atoms with van der Waals surface area (Å²) in [7, 11) is 0. The molecule has 2 amide bonds. The van der Waals surface area contributed by atoms with Gasteiger partial charge < -0.3 is 0 Å². The lowest BCUT2D eigenvalue weighted by molar-refractivity contribution is 0.257. The molecule has 0 atom stereocenters.